The van der Waals surface area contributed by atoms with Crippen LogP contribution in [0.2, 0.25) is 0 Å². The van der Waals surface area contributed by atoms with Gasteiger partial charge in [0.25, 0.3) is 0 Å². The van der Waals surface area contributed by atoms with Crippen LogP contribution in [0, 0.1) is 11.3 Å². The lowest BCUT2D eigenvalue weighted by molar-refractivity contribution is 0.281. The summed E-state index contributed by atoms with van der Waals surface area (Å²) in [6.45, 7) is 5.12. The largest absolute Gasteiger partial charge is 0.306 e. The highest BCUT2D eigenvalue weighted by Gasteiger charge is 2.41. The molecule has 1 heterocycles. The molecule has 1 heteroatoms. The molecule has 1 nitrogen and oxygen atoms in total. The van der Waals surface area contributed by atoms with Crippen LogP contribution in [-0.4, -0.2) is 25.0 Å². The van der Waals surface area contributed by atoms with Gasteiger partial charge >= 0.3 is 0 Å². The van der Waals surface area contributed by atoms with Gasteiger partial charge in [0, 0.05) is 6.54 Å². The molecule has 0 amide bonds. The fourth-order valence-corrected chi connectivity index (χ4v) is 3.03. The van der Waals surface area contributed by atoms with Crippen molar-refractivity contribution in [2.45, 2.75) is 32.6 Å². The van der Waals surface area contributed by atoms with E-state index in [1.807, 2.05) is 0 Å². The Hall–Kier alpha value is -0.0400. The highest BCUT2D eigenvalue weighted by Crippen LogP contribution is 2.47. The Labute approximate surface area is 69.8 Å². The number of rotatable bonds is 0. The number of hydrogen-bond acceptors (Lipinski definition) is 1. The molecular formula is C10H19N. The fourth-order valence-electron chi connectivity index (χ4n) is 3.03. The Morgan fingerprint density at radius 1 is 1.36 bits per heavy atom. The van der Waals surface area contributed by atoms with Crippen molar-refractivity contribution >= 4 is 0 Å². The van der Waals surface area contributed by atoms with Crippen LogP contribution >= 0.6 is 0 Å². The van der Waals surface area contributed by atoms with E-state index < -0.39 is 0 Å². The predicted octanol–water partition coefficient (Wildman–Crippen LogP) is 2.13. The standard InChI is InChI=1S/C10H19N/c1-9-3-4-10(7-9)5-6-11(2)8-10/h9H,3-8H2,1-2H3/t9-,10-/m0/s1. The minimum atomic E-state index is 0.758. The van der Waals surface area contributed by atoms with Crippen LogP contribution < -0.4 is 0 Å². The molecular weight excluding hydrogens is 134 g/mol. The lowest BCUT2D eigenvalue weighted by Gasteiger charge is -2.22. The number of likely N-dealkylation sites (tertiary alicyclic amines) is 1. The third-order valence-electron chi connectivity index (χ3n) is 3.58. The maximum Gasteiger partial charge on any atom is 0.00355 e. The summed E-state index contributed by atoms with van der Waals surface area (Å²) in [5.41, 5.74) is 0.758. The van der Waals surface area contributed by atoms with Gasteiger partial charge in [0.15, 0.2) is 0 Å². The van der Waals surface area contributed by atoms with Crippen molar-refractivity contribution in [2.75, 3.05) is 20.1 Å². The predicted molar refractivity (Wildman–Crippen MR) is 47.6 cm³/mol. The molecule has 1 aliphatic carbocycles. The molecule has 0 aromatic rings. The van der Waals surface area contributed by atoms with E-state index in [-0.39, 0.29) is 0 Å². The summed E-state index contributed by atoms with van der Waals surface area (Å²) < 4.78 is 0. The molecule has 0 aromatic carbocycles. The summed E-state index contributed by atoms with van der Waals surface area (Å²) in [6, 6.07) is 0. The minimum absolute atomic E-state index is 0.758. The first-order chi connectivity index (χ1) is 5.20. The summed E-state index contributed by atoms with van der Waals surface area (Å²) in [4.78, 5) is 2.50. The summed E-state index contributed by atoms with van der Waals surface area (Å²) in [6.07, 6.45) is 5.94. The van der Waals surface area contributed by atoms with Crippen molar-refractivity contribution in [1.29, 1.82) is 0 Å². The van der Waals surface area contributed by atoms with Gasteiger partial charge in [-0.1, -0.05) is 13.3 Å². The highest BCUT2D eigenvalue weighted by atomic mass is 15.1. The van der Waals surface area contributed by atoms with Gasteiger partial charge in [0.2, 0.25) is 0 Å². The zero-order valence-corrected chi connectivity index (χ0v) is 7.77. The molecule has 0 radical (unpaired) electrons. The Morgan fingerprint density at radius 2 is 2.18 bits per heavy atom. The lowest BCUT2D eigenvalue weighted by atomic mass is 9.85. The quantitative estimate of drug-likeness (QED) is 0.515. The lowest BCUT2D eigenvalue weighted by Crippen LogP contribution is -2.21. The van der Waals surface area contributed by atoms with Crippen LogP contribution in [0.4, 0.5) is 0 Å². The summed E-state index contributed by atoms with van der Waals surface area (Å²) in [5.74, 6) is 1.00. The molecule has 2 atom stereocenters. The van der Waals surface area contributed by atoms with Gasteiger partial charge in [-0.3, -0.25) is 0 Å². The molecule has 0 bridgehead atoms. The van der Waals surface area contributed by atoms with Crippen LogP contribution in [0.15, 0.2) is 0 Å². The van der Waals surface area contributed by atoms with E-state index in [2.05, 4.69) is 18.9 Å². The SMILES string of the molecule is C[C@H]1CC[C@]2(CCN(C)C2)C1. The third-order valence-corrected chi connectivity index (χ3v) is 3.58. The zero-order chi connectivity index (χ0) is 7.90. The highest BCUT2D eigenvalue weighted by molar-refractivity contribution is 4.94. The van der Waals surface area contributed by atoms with Crippen LogP contribution in [0.25, 0.3) is 0 Å². The zero-order valence-electron chi connectivity index (χ0n) is 7.77. The van der Waals surface area contributed by atoms with Crippen LogP contribution in [0.1, 0.15) is 32.6 Å². The molecule has 0 N–H and O–H groups in total. The molecule has 1 saturated heterocycles. The molecule has 0 aromatic heterocycles. The van der Waals surface area contributed by atoms with Crippen LogP contribution in [0.3, 0.4) is 0 Å². The summed E-state index contributed by atoms with van der Waals surface area (Å²) in [7, 11) is 2.26. The Morgan fingerprint density at radius 3 is 2.64 bits per heavy atom. The van der Waals surface area contributed by atoms with Gasteiger partial charge in [0.05, 0.1) is 0 Å². The van der Waals surface area contributed by atoms with Gasteiger partial charge in [-0.15, -0.1) is 0 Å². The first-order valence-corrected chi connectivity index (χ1v) is 4.89. The smallest absolute Gasteiger partial charge is 0.00355 e. The van der Waals surface area contributed by atoms with Gasteiger partial charge in [-0.25, -0.2) is 0 Å². The number of nitrogens with zero attached hydrogens (tertiary/aromatic N) is 1. The van der Waals surface area contributed by atoms with E-state index in [1.54, 1.807) is 0 Å². The summed E-state index contributed by atoms with van der Waals surface area (Å²) >= 11 is 0. The number of hydrogen-bond donors (Lipinski definition) is 0. The average Bonchev–Trinajstić information content (AvgIpc) is 2.44. The van der Waals surface area contributed by atoms with Crippen molar-refractivity contribution in [2.24, 2.45) is 11.3 Å². The monoisotopic (exact) mass is 153 g/mol. The van der Waals surface area contributed by atoms with Crippen molar-refractivity contribution in [1.82, 2.24) is 4.90 Å². The van der Waals surface area contributed by atoms with E-state index in [0.717, 1.165) is 11.3 Å². The second kappa shape index (κ2) is 2.48. The van der Waals surface area contributed by atoms with E-state index >= 15 is 0 Å². The van der Waals surface area contributed by atoms with Crippen molar-refractivity contribution < 1.29 is 0 Å². The molecule has 64 valence electrons. The Balaban J connectivity index is 2.02. The molecule has 2 fully saturated rings. The minimum Gasteiger partial charge on any atom is -0.306 e. The first kappa shape index (κ1) is 7.60. The molecule has 11 heavy (non-hydrogen) atoms. The second-order valence-electron chi connectivity index (χ2n) is 4.84. The normalized spacial score (nSPS) is 45.8. The van der Waals surface area contributed by atoms with E-state index in [9.17, 15) is 0 Å². The Bertz CT molecular complexity index is 135. The maximum atomic E-state index is 2.50. The van der Waals surface area contributed by atoms with Crippen LogP contribution in [0.5, 0.6) is 0 Å². The third kappa shape index (κ3) is 1.31. The molecule has 1 spiro atoms. The van der Waals surface area contributed by atoms with Crippen molar-refractivity contribution in [3.05, 3.63) is 0 Å². The first-order valence-electron chi connectivity index (χ1n) is 4.89. The van der Waals surface area contributed by atoms with Gasteiger partial charge in [-0.2, -0.15) is 0 Å². The average molecular weight is 153 g/mol. The molecule has 0 unspecified atom stereocenters. The van der Waals surface area contributed by atoms with E-state index in [4.69, 9.17) is 0 Å². The van der Waals surface area contributed by atoms with Crippen molar-refractivity contribution in [3.8, 4) is 0 Å². The topological polar surface area (TPSA) is 3.24 Å². The van der Waals surface area contributed by atoms with E-state index in [0.29, 0.717) is 0 Å². The molecule has 2 aliphatic rings. The van der Waals surface area contributed by atoms with Crippen molar-refractivity contribution in [3.63, 3.8) is 0 Å². The summed E-state index contributed by atoms with van der Waals surface area (Å²) in [5, 5.41) is 0. The van der Waals surface area contributed by atoms with Crippen LogP contribution in [-0.2, 0) is 0 Å². The van der Waals surface area contributed by atoms with E-state index in [1.165, 1.54) is 38.8 Å². The fraction of sp³-hybridized carbons (Fsp3) is 1.00. The molecule has 1 aliphatic heterocycles. The van der Waals surface area contributed by atoms with Gasteiger partial charge in [-0.05, 0) is 44.2 Å². The van der Waals surface area contributed by atoms with Gasteiger partial charge < -0.3 is 4.90 Å². The van der Waals surface area contributed by atoms with Gasteiger partial charge in [0.1, 0.15) is 0 Å². The molecule has 1 saturated carbocycles. The second-order valence-corrected chi connectivity index (χ2v) is 4.84. The maximum absolute atomic E-state index is 2.50. The molecule has 2 rings (SSSR count). The Kier molecular flexibility index (Phi) is 1.71.